The Labute approximate surface area is 121 Å². The Morgan fingerprint density at radius 1 is 1.26 bits per heavy atom. The zero-order valence-corrected chi connectivity index (χ0v) is 12.9. The van der Waals surface area contributed by atoms with Crippen molar-refractivity contribution in [2.75, 3.05) is 5.73 Å². The van der Waals surface area contributed by atoms with E-state index in [9.17, 15) is 0 Å². The molecule has 0 saturated carbocycles. The summed E-state index contributed by atoms with van der Waals surface area (Å²) >= 11 is 3.44. The van der Waals surface area contributed by atoms with Gasteiger partial charge in [0.05, 0.1) is 6.04 Å². The molecule has 1 heterocycles. The molecule has 0 aliphatic rings. The van der Waals surface area contributed by atoms with Crippen molar-refractivity contribution in [3.8, 4) is 11.4 Å². The van der Waals surface area contributed by atoms with Crippen molar-refractivity contribution in [1.82, 2.24) is 20.2 Å². The van der Waals surface area contributed by atoms with Crippen LogP contribution in [0.2, 0.25) is 0 Å². The minimum atomic E-state index is 0.255. The first-order valence-corrected chi connectivity index (χ1v) is 7.11. The standard InChI is InChI=1S/C13H18BrN5/c1-8(2)4-9(3)19-13(16-17-18-19)10-5-11(14)7-12(15)6-10/h5-9H,4,15H2,1-3H3. The van der Waals surface area contributed by atoms with Crippen LogP contribution in [0.1, 0.15) is 33.2 Å². The van der Waals surface area contributed by atoms with Crippen LogP contribution < -0.4 is 5.73 Å². The average molecular weight is 324 g/mol. The van der Waals surface area contributed by atoms with Crippen molar-refractivity contribution in [2.45, 2.75) is 33.2 Å². The Morgan fingerprint density at radius 2 is 2.00 bits per heavy atom. The zero-order chi connectivity index (χ0) is 14.0. The molecule has 19 heavy (non-hydrogen) atoms. The lowest BCUT2D eigenvalue weighted by Gasteiger charge is -2.15. The first kappa shape index (κ1) is 14.0. The molecular formula is C13H18BrN5. The van der Waals surface area contributed by atoms with Gasteiger partial charge in [0.1, 0.15) is 0 Å². The summed E-state index contributed by atoms with van der Waals surface area (Å²) in [5.74, 6) is 1.35. The smallest absolute Gasteiger partial charge is 0.182 e. The number of anilines is 1. The minimum Gasteiger partial charge on any atom is -0.399 e. The van der Waals surface area contributed by atoms with Gasteiger partial charge in [0.15, 0.2) is 5.82 Å². The molecule has 0 aliphatic heterocycles. The lowest BCUT2D eigenvalue weighted by atomic mass is 10.1. The predicted octanol–water partition coefficient (Wildman–Crippen LogP) is 3.29. The molecule has 1 unspecified atom stereocenters. The van der Waals surface area contributed by atoms with Gasteiger partial charge in [-0.15, -0.1) is 5.10 Å². The highest BCUT2D eigenvalue weighted by atomic mass is 79.9. The maximum absolute atomic E-state index is 5.86. The van der Waals surface area contributed by atoms with Gasteiger partial charge in [-0.05, 0) is 47.9 Å². The molecule has 0 spiro atoms. The lowest BCUT2D eigenvalue weighted by molar-refractivity contribution is 0.394. The largest absolute Gasteiger partial charge is 0.399 e. The third kappa shape index (κ3) is 3.32. The van der Waals surface area contributed by atoms with Crippen LogP contribution in [-0.2, 0) is 0 Å². The van der Waals surface area contributed by atoms with Gasteiger partial charge in [-0.3, -0.25) is 0 Å². The molecule has 0 aliphatic carbocycles. The van der Waals surface area contributed by atoms with Crippen LogP contribution in [0.4, 0.5) is 5.69 Å². The summed E-state index contributed by atoms with van der Waals surface area (Å²) in [5, 5.41) is 12.0. The molecule has 1 atom stereocenters. The maximum Gasteiger partial charge on any atom is 0.182 e. The number of nitrogens with two attached hydrogens (primary N) is 1. The third-order valence-corrected chi connectivity index (χ3v) is 3.36. The van der Waals surface area contributed by atoms with E-state index in [-0.39, 0.29) is 6.04 Å². The van der Waals surface area contributed by atoms with Gasteiger partial charge in [-0.2, -0.15) is 0 Å². The van der Waals surface area contributed by atoms with Gasteiger partial charge in [0, 0.05) is 15.7 Å². The van der Waals surface area contributed by atoms with Gasteiger partial charge < -0.3 is 5.73 Å². The number of halogens is 1. The summed E-state index contributed by atoms with van der Waals surface area (Å²) in [6, 6.07) is 5.97. The Morgan fingerprint density at radius 3 is 2.63 bits per heavy atom. The van der Waals surface area contributed by atoms with E-state index in [2.05, 4.69) is 52.2 Å². The number of benzene rings is 1. The highest BCUT2D eigenvalue weighted by Gasteiger charge is 2.16. The summed E-state index contributed by atoms with van der Waals surface area (Å²) in [5.41, 5.74) is 7.48. The Kier molecular flexibility index (Phi) is 4.19. The van der Waals surface area contributed by atoms with Crippen LogP contribution in [0.3, 0.4) is 0 Å². The number of nitrogen functional groups attached to an aromatic ring is 1. The molecule has 2 aromatic rings. The molecule has 0 fully saturated rings. The molecule has 1 aromatic carbocycles. The SMILES string of the molecule is CC(C)CC(C)n1nnnc1-c1cc(N)cc(Br)c1. The number of nitrogens with zero attached hydrogens (tertiary/aromatic N) is 4. The fraction of sp³-hybridized carbons (Fsp3) is 0.462. The second-order valence-electron chi connectivity index (χ2n) is 5.20. The molecule has 5 nitrogen and oxygen atoms in total. The number of aromatic nitrogens is 4. The summed E-state index contributed by atoms with van der Waals surface area (Å²) in [6.45, 7) is 6.51. The van der Waals surface area contributed by atoms with Gasteiger partial charge in [-0.25, -0.2) is 4.68 Å². The van der Waals surface area contributed by atoms with Crippen molar-refractivity contribution in [1.29, 1.82) is 0 Å². The fourth-order valence-corrected chi connectivity index (χ4v) is 2.72. The van der Waals surface area contributed by atoms with Crippen LogP contribution in [0.25, 0.3) is 11.4 Å². The van der Waals surface area contributed by atoms with E-state index in [0.29, 0.717) is 11.6 Å². The van der Waals surface area contributed by atoms with Crippen LogP contribution in [0, 0.1) is 5.92 Å². The van der Waals surface area contributed by atoms with E-state index >= 15 is 0 Å². The number of tetrazole rings is 1. The molecule has 0 saturated heterocycles. The molecule has 2 N–H and O–H groups in total. The molecular weight excluding hydrogens is 306 g/mol. The predicted molar refractivity (Wildman–Crippen MR) is 79.5 cm³/mol. The van der Waals surface area contributed by atoms with Gasteiger partial charge >= 0.3 is 0 Å². The van der Waals surface area contributed by atoms with Crippen LogP contribution in [-0.4, -0.2) is 20.2 Å². The van der Waals surface area contributed by atoms with Crippen molar-refractivity contribution in [3.63, 3.8) is 0 Å². The first-order chi connectivity index (χ1) is 8.97. The minimum absolute atomic E-state index is 0.255. The quantitative estimate of drug-likeness (QED) is 0.876. The monoisotopic (exact) mass is 323 g/mol. The molecule has 1 aromatic heterocycles. The van der Waals surface area contributed by atoms with Gasteiger partial charge in [-0.1, -0.05) is 29.8 Å². The second-order valence-corrected chi connectivity index (χ2v) is 6.11. The molecule has 2 rings (SSSR count). The summed E-state index contributed by atoms with van der Waals surface area (Å²) in [4.78, 5) is 0. The average Bonchev–Trinajstić information content (AvgIpc) is 2.75. The summed E-state index contributed by atoms with van der Waals surface area (Å²) in [6.07, 6.45) is 1.03. The van der Waals surface area contributed by atoms with E-state index in [1.54, 1.807) is 0 Å². The Bertz CT molecular complexity index is 544. The van der Waals surface area contributed by atoms with Crippen LogP contribution >= 0.6 is 15.9 Å². The van der Waals surface area contributed by atoms with Gasteiger partial charge in [0.25, 0.3) is 0 Å². The fourth-order valence-electron chi connectivity index (χ4n) is 2.20. The zero-order valence-electron chi connectivity index (χ0n) is 11.3. The van der Waals surface area contributed by atoms with E-state index in [0.717, 1.165) is 22.3 Å². The van der Waals surface area contributed by atoms with Crippen molar-refractivity contribution < 1.29 is 0 Å². The second kappa shape index (κ2) is 5.69. The van der Waals surface area contributed by atoms with E-state index in [1.165, 1.54) is 0 Å². The summed E-state index contributed by atoms with van der Waals surface area (Å²) < 4.78 is 2.79. The van der Waals surface area contributed by atoms with Crippen LogP contribution in [0.5, 0.6) is 0 Å². The topological polar surface area (TPSA) is 69.6 Å². The molecule has 0 amide bonds. The van der Waals surface area contributed by atoms with Crippen molar-refractivity contribution in [2.24, 2.45) is 5.92 Å². The number of hydrogen-bond donors (Lipinski definition) is 1. The van der Waals surface area contributed by atoms with E-state index in [4.69, 9.17) is 5.73 Å². The van der Waals surface area contributed by atoms with Crippen molar-refractivity contribution in [3.05, 3.63) is 22.7 Å². The Balaban J connectivity index is 2.38. The molecule has 0 bridgehead atoms. The van der Waals surface area contributed by atoms with Gasteiger partial charge in [0.2, 0.25) is 0 Å². The van der Waals surface area contributed by atoms with Crippen molar-refractivity contribution >= 4 is 21.6 Å². The van der Waals surface area contributed by atoms with E-state index < -0.39 is 0 Å². The molecule has 0 radical (unpaired) electrons. The third-order valence-electron chi connectivity index (χ3n) is 2.90. The molecule has 102 valence electrons. The summed E-state index contributed by atoms with van der Waals surface area (Å²) in [7, 11) is 0. The van der Waals surface area contributed by atoms with Crippen LogP contribution in [0.15, 0.2) is 22.7 Å². The normalized spacial score (nSPS) is 12.9. The maximum atomic E-state index is 5.86. The molecule has 6 heteroatoms. The number of hydrogen-bond acceptors (Lipinski definition) is 4. The van der Waals surface area contributed by atoms with E-state index in [1.807, 2.05) is 22.9 Å². The lowest BCUT2D eigenvalue weighted by Crippen LogP contribution is -2.11. The highest BCUT2D eigenvalue weighted by molar-refractivity contribution is 9.10. The number of rotatable bonds is 4. The Hall–Kier alpha value is -1.43. The first-order valence-electron chi connectivity index (χ1n) is 6.31. The highest BCUT2D eigenvalue weighted by Crippen LogP contribution is 2.27.